The van der Waals surface area contributed by atoms with E-state index >= 15 is 0 Å². The van der Waals surface area contributed by atoms with Gasteiger partial charge in [-0.05, 0) is 37.0 Å². The molecule has 0 N–H and O–H groups in total. The van der Waals surface area contributed by atoms with Crippen molar-refractivity contribution in [1.29, 1.82) is 0 Å². The quantitative estimate of drug-likeness (QED) is 0.844. The smallest absolute Gasteiger partial charge is 0.224 e. The Bertz CT molecular complexity index is 607. The second-order valence-electron chi connectivity index (χ2n) is 7.79. The van der Waals surface area contributed by atoms with Crippen molar-refractivity contribution in [3.8, 4) is 0 Å². The van der Waals surface area contributed by atoms with Crippen molar-refractivity contribution in [3.63, 3.8) is 0 Å². The van der Waals surface area contributed by atoms with Gasteiger partial charge in [0.25, 0.3) is 0 Å². The molecule has 4 rings (SSSR count). The fraction of sp³-hybridized carbons (Fsp3) is 0.650. The highest BCUT2D eigenvalue weighted by Crippen LogP contribution is 2.35. The van der Waals surface area contributed by atoms with E-state index in [4.69, 9.17) is 4.74 Å². The SMILES string of the molecule is O=C1CCN(C2CCCC2)CC2(CCOC2)N1Cc1ccc(F)cc1. The van der Waals surface area contributed by atoms with Gasteiger partial charge in [0.2, 0.25) is 5.91 Å². The first kappa shape index (κ1) is 17.0. The lowest BCUT2D eigenvalue weighted by Gasteiger charge is -2.42. The highest BCUT2D eigenvalue weighted by molar-refractivity contribution is 5.78. The molecule has 1 atom stereocenters. The third-order valence-corrected chi connectivity index (χ3v) is 6.16. The summed E-state index contributed by atoms with van der Waals surface area (Å²) in [7, 11) is 0. The lowest BCUT2D eigenvalue weighted by atomic mass is 9.94. The van der Waals surface area contributed by atoms with E-state index in [1.54, 1.807) is 12.1 Å². The van der Waals surface area contributed by atoms with Crippen LogP contribution in [0.3, 0.4) is 0 Å². The van der Waals surface area contributed by atoms with Crippen LogP contribution in [-0.4, -0.2) is 53.6 Å². The van der Waals surface area contributed by atoms with Gasteiger partial charge in [0.05, 0.1) is 12.1 Å². The van der Waals surface area contributed by atoms with Crippen molar-refractivity contribution in [1.82, 2.24) is 9.80 Å². The minimum Gasteiger partial charge on any atom is -0.379 e. The topological polar surface area (TPSA) is 32.8 Å². The summed E-state index contributed by atoms with van der Waals surface area (Å²) in [6.07, 6.45) is 6.57. The minimum absolute atomic E-state index is 0.204. The average molecular weight is 346 g/mol. The zero-order valence-electron chi connectivity index (χ0n) is 14.8. The Labute approximate surface area is 148 Å². The van der Waals surface area contributed by atoms with Crippen LogP contribution in [-0.2, 0) is 16.1 Å². The molecule has 2 heterocycles. The maximum absolute atomic E-state index is 13.2. The van der Waals surface area contributed by atoms with Crippen LogP contribution in [0.25, 0.3) is 0 Å². The van der Waals surface area contributed by atoms with Crippen LogP contribution in [0.4, 0.5) is 4.39 Å². The van der Waals surface area contributed by atoms with Crippen LogP contribution in [0.2, 0.25) is 0 Å². The number of carbonyl (C=O) groups excluding carboxylic acids is 1. The second-order valence-corrected chi connectivity index (χ2v) is 7.79. The van der Waals surface area contributed by atoms with Crippen molar-refractivity contribution in [2.75, 3.05) is 26.3 Å². The van der Waals surface area contributed by atoms with E-state index < -0.39 is 0 Å². The summed E-state index contributed by atoms with van der Waals surface area (Å²) in [6, 6.07) is 7.13. The number of ether oxygens (including phenoxy) is 1. The summed E-state index contributed by atoms with van der Waals surface area (Å²) >= 11 is 0. The number of benzene rings is 1. The van der Waals surface area contributed by atoms with Crippen molar-refractivity contribution < 1.29 is 13.9 Å². The molecule has 1 aromatic rings. The molecule has 3 aliphatic rings. The molecule has 1 spiro atoms. The number of rotatable bonds is 3. The van der Waals surface area contributed by atoms with E-state index in [2.05, 4.69) is 4.90 Å². The number of carbonyl (C=O) groups is 1. The molecule has 5 heteroatoms. The minimum atomic E-state index is -0.239. The molecule has 2 aliphatic heterocycles. The summed E-state index contributed by atoms with van der Waals surface area (Å²) in [5.74, 6) is -0.0346. The van der Waals surface area contributed by atoms with E-state index in [1.807, 2.05) is 4.90 Å². The highest BCUT2D eigenvalue weighted by Gasteiger charge is 2.47. The molecule has 1 aliphatic carbocycles. The van der Waals surface area contributed by atoms with Crippen LogP contribution in [0.5, 0.6) is 0 Å². The second kappa shape index (κ2) is 7.04. The normalized spacial score (nSPS) is 28.8. The van der Waals surface area contributed by atoms with Gasteiger partial charge in [0.1, 0.15) is 5.82 Å². The van der Waals surface area contributed by atoms with Crippen LogP contribution in [0.15, 0.2) is 24.3 Å². The van der Waals surface area contributed by atoms with Gasteiger partial charge in [0, 0.05) is 38.7 Å². The first-order valence-electron chi connectivity index (χ1n) is 9.53. The fourth-order valence-corrected chi connectivity index (χ4v) is 4.72. The van der Waals surface area contributed by atoms with Gasteiger partial charge < -0.3 is 9.64 Å². The standard InChI is InChI=1S/C20H27FN2O2/c21-17-7-5-16(6-8-17)13-23-19(24)9-11-22(18-3-1-2-4-18)14-20(23)10-12-25-15-20/h5-8,18H,1-4,9-15H2. The molecule has 1 aromatic carbocycles. The number of nitrogens with zero attached hydrogens (tertiary/aromatic N) is 2. The number of hydrogen-bond acceptors (Lipinski definition) is 3. The summed E-state index contributed by atoms with van der Waals surface area (Å²) < 4.78 is 19.0. The molecule has 4 nitrogen and oxygen atoms in total. The Morgan fingerprint density at radius 2 is 1.96 bits per heavy atom. The molecule has 3 fully saturated rings. The van der Waals surface area contributed by atoms with Crippen LogP contribution >= 0.6 is 0 Å². The van der Waals surface area contributed by atoms with Gasteiger partial charge >= 0.3 is 0 Å². The van der Waals surface area contributed by atoms with E-state index in [-0.39, 0.29) is 17.3 Å². The van der Waals surface area contributed by atoms with Crippen LogP contribution in [0, 0.1) is 5.82 Å². The maximum atomic E-state index is 13.2. The highest BCUT2D eigenvalue weighted by atomic mass is 19.1. The zero-order valence-corrected chi connectivity index (χ0v) is 14.8. The molecular weight excluding hydrogens is 319 g/mol. The van der Waals surface area contributed by atoms with Gasteiger partial charge in [-0.25, -0.2) is 4.39 Å². The Hall–Kier alpha value is -1.46. The maximum Gasteiger partial charge on any atom is 0.224 e. The third kappa shape index (κ3) is 3.44. The molecule has 25 heavy (non-hydrogen) atoms. The summed E-state index contributed by atoms with van der Waals surface area (Å²) in [6.45, 7) is 3.63. The largest absolute Gasteiger partial charge is 0.379 e. The van der Waals surface area contributed by atoms with Crippen LogP contribution in [0.1, 0.15) is 44.1 Å². The van der Waals surface area contributed by atoms with Gasteiger partial charge in [0.15, 0.2) is 0 Å². The van der Waals surface area contributed by atoms with E-state index in [1.165, 1.54) is 37.8 Å². The first-order valence-corrected chi connectivity index (χ1v) is 9.53. The summed E-state index contributed by atoms with van der Waals surface area (Å²) in [5.41, 5.74) is 0.750. The van der Waals surface area contributed by atoms with Gasteiger partial charge in [-0.15, -0.1) is 0 Å². The molecule has 1 unspecified atom stereocenters. The monoisotopic (exact) mass is 346 g/mol. The van der Waals surface area contributed by atoms with E-state index in [0.717, 1.165) is 25.1 Å². The lowest BCUT2D eigenvalue weighted by molar-refractivity contribution is -0.137. The molecule has 0 bridgehead atoms. The average Bonchev–Trinajstić information content (AvgIpc) is 3.28. The Balaban J connectivity index is 1.59. The lowest BCUT2D eigenvalue weighted by Crippen LogP contribution is -2.56. The van der Waals surface area contributed by atoms with E-state index in [0.29, 0.717) is 32.2 Å². The Morgan fingerprint density at radius 3 is 2.64 bits per heavy atom. The third-order valence-electron chi connectivity index (χ3n) is 6.16. The Morgan fingerprint density at radius 1 is 1.20 bits per heavy atom. The van der Waals surface area contributed by atoms with Gasteiger partial charge in [-0.1, -0.05) is 25.0 Å². The van der Waals surface area contributed by atoms with E-state index in [9.17, 15) is 9.18 Å². The number of hydrogen-bond donors (Lipinski definition) is 0. The fourth-order valence-electron chi connectivity index (χ4n) is 4.72. The van der Waals surface area contributed by atoms with Crippen molar-refractivity contribution in [2.24, 2.45) is 0 Å². The predicted molar refractivity (Wildman–Crippen MR) is 93.6 cm³/mol. The van der Waals surface area contributed by atoms with Gasteiger partial charge in [-0.2, -0.15) is 0 Å². The molecule has 1 amide bonds. The molecular formula is C20H27FN2O2. The number of amides is 1. The molecule has 0 radical (unpaired) electrons. The van der Waals surface area contributed by atoms with Crippen molar-refractivity contribution in [2.45, 2.75) is 56.7 Å². The number of halogens is 1. The van der Waals surface area contributed by atoms with Gasteiger partial charge in [-0.3, -0.25) is 9.69 Å². The Kier molecular flexibility index (Phi) is 4.78. The first-order chi connectivity index (χ1) is 12.2. The van der Waals surface area contributed by atoms with Crippen LogP contribution < -0.4 is 0 Å². The molecule has 1 saturated carbocycles. The molecule has 136 valence electrons. The molecule has 0 aromatic heterocycles. The molecule has 2 saturated heterocycles. The summed E-state index contributed by atoms with van der Waals surface area (Å²) in [4.78, 5) is 17.6. The summed E-state index contributed by atoms with van der Waals surface area (Å²) in [5, 5.41) is 0. The van der Waals surface area contributed by atoms with Crippen molar-refractivity contribution >= 4 is 5.91 Å². The predicted octanol–water partition coefficient (Wildman–Crippen LogP) is 2.96. The zero-order chi connectivity index (χ0) is 17.3. The van der Waals surface area contributed by atoms with Crippen molar-refractivity contribution in [3.05, 3.63) is 35.6 Å².